The molecule has 0 aliphatic carbocycles. The molecule has 1 unspecified atom stereocenters. The van der Waals surface area contributed by atoms with Gasteiger partial charge in [0.1, 0.15) is 5.75 Å². The van der Waals surface area contributed by atoms with Crippen LogP contribution in [0.1, 0.15) is 28.9 Å². The summed E-state index contributed by atoms with van der Waals surface area (Å²) in [6.45, 7) is 1.92. The first-order chi connectivity index (χ1) is 9.49. The summed E-state index contributed by atoms with van der Waals surface area (Å²) in [5.74, 6) is -0.331. The maximum Gasteiger partial charge on any atom is 0.250 e. The number of hydrogen-bond acceptors (Lipinski definition) is 3. The molecular formula is C15H15ClN2O2. The Hall–Kier alpha value is -2.20. The number of rotatable bonds is 4. The van der Waals surface area contributed by atoms with Gasteiger partial charge in [0.25, 0.3) is 0 Å². The zero-order valence-electron chi connectivity index (χ0n) is 10.9. The van der Waals surface area contributed by atoms with Crippen LogP contribution in [0.5, 0.6) is 5.75 Å². The molecular weight excluding hydrogens is 276 g/mol. The van der Waals surface area contributed by atoms with Gasteiger partial charge in [-0.25, -0.2) is 0 Å². The number of nitrogens with one attached hydrogen (secondary N) is 1. The fraction of sp³-hybridized carbons (Fsp3) is 0.133. The molecule has 1 amide bonds. The minimum absolute atomic E-state index is 0.105. The number of carbonyl (C=O) groups excluding carboxylic acids is 1. The molecule has 4 nitrogen and oxygen atoms in total. The second-order valence-electron chi connectivity index (χ2n) is 4.48. The molecule has 0 saturated heterocycles. The van der Waals surface area contributed by atoms with E-state index < -0.39 is 5.91 Å². The molecule has 0 fully saturated rings. The molecule has 2 rings (SSSR count). The Kier molecular flexibility index (Phi) is 4.15. The number of benzene rings is 2. The summed E-state index contributed by atoms with van der Waals surface area (Å²) >= 11 is 5.99. The molecule has 1 atom stereocenters. The molecule has 2 aromatic rings. The lowest BCUT2D eigenvalue weighted by Crippen LogP contribution is -2.12. The van der Waals surface area contributed by atoms with Crippen LogP contribution in [0.3, 0.4) is 0 Å². The van der Waals surface area contributed by atoms with E-state index in [4.69, 9.17) is 17.3 Å². The van der Waals surface area contributed by atoms with Crippen molar-refractivity contribution in [2.24, 2.45) is 5.73 Å². The van der Waals surface area contributed by atoms with Crippen LogP contribution in [0.25, 0.3) is 0 Å². The van der Waals surface area contributed by atoms with Gasteiger partial charge in [0.05, 0.1) is 16.6 Å². The Balaban J connectivity index is 2.20. The summed E-state index contributed by atoms with van der Waals surface area (Å²) in [7, 11) is 0. The highest BCUT2D eigenvalue weighted by atomic mass is 35.5. The normalized spacial score (nSPS) is 11.9. The van der Waals surface area contributed by atoms with E-state index in [9.17, 15) is 9.90 Å². The zero-order valence-corrected chi connectivity index (χ0v) is 11.7. The van der Waals surface area contributed by atoms with Gasteiger partial charge in [0.15, 0.2) is 0 Å². The molecule has 0 radical (unpaired) electrons. The second-order valence-corrected chi connectivity index (χ2v) is 4.89. The third kappa shape index (κ3) is 3.03. The number of aromatic hydroxyl groups is 1. The lowest BCUT2D eigenvalue weighted by atomic mass is 10.1. The predicted molar refractivity (Wildman–Crippen MR) is 80.1 cm³/mol. The number of para-hydroxylation sites is 1. The number of carbonyl (C=O) groups is 1. The second kappa shape index (κ2) is 5.84. The number of anilines is 1. The van der Waals surface area contributed by atoms with Crippen LogP contribution in [0.4, 0.5) is 5.69 Å². The Morgan fingerprint density at radius 2 is 2.00 bits per heavy atom. The van der Waals surface area contributed by atoms with Gasteiger partial charge >= 0.3 is 0 Å². The largest absolute Gasteiger partial charge is 0.508 e. The van der Waals surface area contributed by atoms with Crippen molar-refractivity contribution < 1.29 is 9.90 Å². The number of phenolic OH excluding ortho intramolecular Hbond substituents is 1. The summed E-state index contributed by atoms with van der Waals surface area (Å²) in [4.78, 5) is 11.1. The third-order valence-corrected chi connectivity index (χ3v) is 3.33. The molecule has 0 heterocycles. The van der Waals surface area contributed by atoms with E-state index in [0.717, 1.165) is 11.3 Å². The van der Waals surface area contributed by atoms with Gasteiger partial charge in [-0.2, -0.15) is 0 Å². The van der Waals surface area contributed by atoms with Crippen molar-refractivity contribution in [3.8, 4) is 5.75 Å². The van der Waals surface area contributed by atoms with Crippen molar-refractivity contribution in [2.75, 3.05) is 5.32 Å². The van der Waals surface area contributed by atoms with Gasteiger partial charge in [-0.05, 0) is 31.2 Å². The lowest BCUT2D eigenvalue weighted by Gasteiger charge is -2.17. The number of primary amides is 1. The van der Waals surface area contributed by atoms with Crippen LogP contribution >= 0.6 is 11.6 Å². The fourth-order valence-corrected chi connectivity index (χ4v) is 2.26. The molecule has 0 aliphatic heterocycles. The van der Waals surface area contributed by atoms with Crippen molar-refractivity contribution in [1.82, 2.24) is 0 Å². The molecule has 0 saturated carbocycles. The molecule has 104 valence electrons. The van der Waals surface area contributed by atoms with Crippen LogP contribution in [-0.2, 0) is 0 Å². The van der Waals surface area contributed by atoms with Crippen molar-refractivity contribution >= 4 is 23.2 Å². The average Bonchev–Trinajstić information content (AvgIpc) is 2.38. The van der Waals surface area contributed by atoms with E-state index in [2.05, 4.69) is 5.32 Å². The van der Waals surface area contributed by atoms with E-state index in [1.54, 1.807) is 30.3 Å². The Morgan fingerprint density at radius 3 is 2.60 bits per heavy atom. The van der Waals surface area contributed by atoms with E-state index in [1.807, 2.05) is 19.1 Å². The fourth-order valence-electron chi connectivity index (χ4n) is 1.99. The van der Waals surface area contributed by atoms with Crippen LogP contribution in [0.2, 0.25) is 5.02 Å². The van der Waals surface area contributed by atoms with Crippen LogP contribution < -0.4 is 11.1 Å². The molecule has 0 spiro atoms. The summed E-state index contributed by atoms with van der Waals surface area (Å²) in [6.07, 6.45) is 0. The Labute approximate surface area is 122 Å². The van der Waals surface area contributed by atoms with Crippen LogP contribution in [0.15, 0.2) is 42.5 Å². The maximum atomic E-state index is 11.1. The molecule has 4 N–H and O–H groups in total. The quantitative estimate of drug-likeness (QED) is 0.808. The van der Waals surface area contributed by atoms with Gasteiger partial charge in [0, 0.05) is 11.3 Å². The third-order valence-electron chi connectivity index (χ3n) is 3.02. The molecule has 5 heteroatoms. The number of nitrogens with two attached hydrogens (primary N) is 1. The number of halogens is 1. The van der Waals surface area contributed by atoms with Crippen molar-refractivity contribution in [3.05, 3.63) is 58.6 Å². The Bertz CT molecular complexity index is 644. The SMILES string of the molecule is CC(Nc1ccc(C(N)=O)c(Cl)c1)c1ccccc1O. The highest BCUT2D eigenvalue weighted by Gasteiger charge is 2.11. The van der Waals surface area contributed by atoms with E-state index in [1.165, 1.54) is 0 Å². The summed E-state index contributed by atoms with van der Waals surface area (Å²) in [5, 5.41) is 13.3. The maximum absolute atomic E-state index is 11.1. The van der Waals surface area contributed by atoms with Crippen molar-refractivity contribution in [1.29, 1.82) is 0 Å². The van der Waals surface area contributed by atoms with Crippen molar-refractivity contribution in [2.45, 2.75) is 13.0 Å². The van der Waals surface area contributed by atoms with Crippen LogP contribution in [-0.4, -0.2) is 11.0 Å². The highest BCUT2D eigenvalue weighted by molar-refractivity contribution is 6.34. The predicted octanol–water partition coefficient (Wildman–Crippen LogP) is 3.32. The van der Waals surface area contributed by atoms with E-state index >= 15 is 0 Å². The minimum atomic E-state index is -0.560. The van der Waals surface area contributed by atoms with Gasteiger partial charge in [0.2, 0.25) is 5.91 Å². The topological polar surface area (TPSA) is 75.3 Å². The molecule has 0 aromatic heterocycles. The van der Waals surface area contributed by atoms with E-state index in [-0.39, 0.29) is 17.4 Å². The molecule has 0 aliphatic rings. The first kappa shape index (κ1) is 14.2. The number of hydrogen-bond donors (Lipinski definition) is 3. The highest BCUT2D eigenvalue weighted by Crippen LogP contribution is 2.28. The standard InChI is InChI=1S/C15H15ClN2O2/c1-9(11-4-2-3-5-14(11)19)18-10-6-7-12(15(17)20)13(16)8-10/h2-9,18-19H,1H3,(H2,17,20). The van der Waals surface area contributed by atoms with Gasteiger partial charge in [-0.15, -0.1) is 0 Å². The van der Waals surface area contributed by atoms with Crippen LogP contribution in [0, 0.1) is 0 Å². The number of phenols is 1. The van der Waals surface area contributed by atoms with Crippen molar-refractivity contribution in [3.63, 3.8) is 0 Å². The van der Waals surface area contributed by atoms with E-state index in [0.29, 0.717) is 5.02 Å². The summed E-state index contributed by atoms with van der Waals surface area (Å²) in [6, 6.07) is 11.9. The number of amides is 1. The summed E-state index contributed by atoms with van der Waals surface area (Å²) in [5.41, 5.74) is 7.01. The zero-order chi connectivity index (χ0) is 14.7. The lowest BCUT2D eigenvalue weighted by molar-refractivity contribution is 0.100. The molecule has 20 heavy (non-hydrogen) atoms. The minimum Gasteiger partial charge on any atom is -0.508 e. The van der Waals surface area contributed by atoms with Gasteiger partial charge in [-0.1, -0.05) is 29.8 Å². The molecule has 0 bridgehead atoms. The molecule has 2 aromatic carbocycles. The first-order valence-electron chi connectivity index (χ1n) is 6.13. The summed E-state index contributed by atoms with van der Waals surface area (Å²) < 4.78 is 0. The Morgan fingerprint density at radius 1 is 1.30 bits per heavy atom. The first-order valence-corrected chi connectivity index (χ1v) is 6.50. The van der Waals surface area contributed by atoms with Gasteiger partial charge < -0.3 is 16.2 Å². The average molecular weight is 291 g/mol. The monoisotopic (exact) mass is 290 g/mol. The van der Waals surface area contributed by atoms with Gasteiger partial charge in [-0.3, -0.25) is 4.79 Å². The smallest absolute Gasteiger partial charge is 0.250 e.